The van der Waals surface area contributed by atoms with Gasteiger partial charge in [-0.2, -0.15) is 0 Å². The average Bonchev–Trinajstić information content (AvgIpc) is 2.91. The molecule has 2 heterocycles. The number of carbonyl (C=O) groups is 1. The van der Waals surface area contributed by atoms with Gasteiger partial charge in [0.25, 0.3) is 0 Å². The van der Waals surface area contributed by atoms with Crippen LogP contribution in [0.4, 0.5) is 0 Å². The summed E-state index contributed by atoms with van der Waals surface area (Å²) in [5.74, 6) is 0.0674. The highest BCUT2D eigenvalue weighted by atomic mass is 32.1. The van der Waals surface area contributed by atoms with Crippen LogP contribution < -0.4 is 0 Å². The van der Waals surface area contributed by atoms with Crippen molar-refractivity contribution in [3.63, 3.8) is 0 Å². The van der Waals surface area contributed by atoms with Crippen LogP contribution in [0.25, 0.3) is 0 Å². The number of nitrogens with zero attached hydrogens (tertiary/aromatic N) is 1. The van der Waals surface area contributed by atoms with E-state index in [-0.39, 0.29) is 11.9 Å². The third kappa shape index (κ3) is 3.35. The van der Waals surface area contributed by atoms with Gasteiger partial charge in [0, 0.05) is 23.2 Å². The summed E-state index contributed by atoms with van der Waals surface area (Å²) in [4.78, 5) is 16.3. The molecule has 0 saturated carbocycles. The second kappa shape index (κ2) is 6.03. The zero-order valence-corrected chi connectivity index (χ0v) is 12.5. The Morgan fingerprint density at radius 3 is 2.79 bits per heavy atom. The molecule has 1 aliphatic rings. The van der Waals surface area contributed by atoms with Crippen LogP contribution in [0.1, 0.15) is 21.7 Å². The number of aliphatic hydroxyl groups is 1. The Bertz CT molecular complexity index is 458. The summed E-state index contributed by atoms with van der Waals surface area (Å²) < 4.78 is 5.18. The molecule has 2 atom stereocenters. The third-order valence-corrected chi connectivity index (χ3v) is 4.67. The van der Waals surface area contributed by atoms with Crippen LogP contribution in [0.2, 0.25) is 0 Å². The molecule has 1 aliphatic heterocycles. The van der Waals surface area contributed by atoms with Gasteiger partial charge in [0.2, 0.25) is 5.91 Å². The highest BCUT2D eigenvalue weighted by Crippen LogP contribution is 2.22. The zero-order valence-electron chi connectivity index (χ0n) is 11.7. The van der Waals surface area contributed by atoms with Crippen LogP contribution in [0.3, 0.4) is 0 Å². The number of hydrogen-bond acceptors (Lipinski definition) is 4. The number of aliphatic hydroxyl groups excluding tert-OH is 1. The quantitative estimate of drug-likeness (QED) is 0.911. The highest BCUT2D eigenvalue weighted by Gasteiger charge is 2.31. The van der Waals surface area contributed by atoms with Gasteiger partial charge < -0.3 is 14.7 Å². The second-order valence-electron chi connectivity index (χ2n) is 5.12. The van der Waals surface area contributed by atoms with Gasteiger partial charge in [-0.25, -0.2) is 0 Å². The van der Waals surface area contributed by atoms with Crippen molar-refractivity contribution in [2.24, 2.45) is 0 Å². The Morgan fingerprint density at radius 2 is 2.26 bits per heavy atom. The standard InChI is InChI=1S/C14H21NO3S/c1-9-6-11(10(2)19-9)4-5-14(17)15(3)12-7-18-8-13(12)16/h6,12-13,16H,4-5,7-8H2,1-3H3/t12-,13-/m1/s1. The number of hydrogen-bond donors (Lipinski definition) is 1. The number of amides is 1. The van der Waals surface area contributed by atoms with Gasteiger partial charge >= 0.3 is 0 Å². The first-order chi connectivity index (χ1) is 8.99. The zero-order chi connectivity index (χ0) is 14.0. The van der Waals surface area contributed by atoms with E-state index in [0.29, 0.717) is 19.6 Å². The average molecular weight is 283 g/mol. The monoisotopic (exact) mass is 283 g/mol. The van der Waals surface area contributed by atoms with Crippen molar-refractivity contribution < 1.29 is 14.6 Å². The van der Waals surface area contributed by atoms with Gasteiger partial charge in [-0.05, 0) is 31.9 Å². The topological polar surface area (TPSA) is 49.8 Å². The number of aryl methyl sites for hydroxylation is 3. The lowest BCUT2D eigenvalue weighted by atomic mass is 10.1. The van der Waals surface area contributed by atoms with Crippen molar-refractivity contribution in [2.45, 2.75) is 38.8 Å². The molecular weight excluding hydrogens is 262 g/mol. The summed E-state index contributed by atoms with van der Waals surface area (Å²) in [6.45, 7) is 4.93. The first-order valence-electron chi connectivity index (χ1n) is 6.56. The largest absolute Gasteiger partial charge is 0.388 e. The molecule has 1 aromatic heterocycles. The van der Waals surface area contributed by atoms with Gasteiger partial charge in [0.15, 0.2) is 0 Å². The summed E-state index contributed by atoms with van der Waals surface area (Å²) in [5, 5.41) is 9.72. The molecular formula is C14H21NO3S. The highest BCUT2D eigenvalue weighted by molar-refractivity contribution is 7.12. The fourth-order valence-electron chi connectivity index (χ4n) is 2.44. The van der Waals surface area contributed by atoms with E-state index >= 15 is 0 Å². The fourth-order valence-corrected chi connectivity index (χ4v) is 3.41. The van der Waals surface area contributed by atoms with Crippen LogP contribution in [-0.2, 0) is 16.0 Å². The molecule has 1 saturated heterocycles. The maximum Gasteiger partial charge on any atom is 0.223 e. The third-order valence-electron chi connectivity index (χ3n) is 3.66. The van der Waals surface area contributed by atoms with Crippen molar-refractivity contribution in [1.29, 1.82) is 0 Å². The number of thiophene rings is 1. The molecule has 0 aromatic carbocycles. The van der Waals surface area contributed by atoms with E-state index in [9.17, 15) is 9.90 Å². The number of rotatable bonds is 4. The molecule has 1 amide bonds. The Balaban J connectivity index is 1.89. The summed E-state index contributed by atoms with van der Waals surface area (Å²) >= 11 is 1.77. The fraction of sp³-hybridized carbons (Fsp3) is 0.643. The maximum absolute atomic E-state index is 12.1. The summed E-state index contributed by atoms with van der Waals surface area (Å²) in [5.41, 5.74) is 1.26. The Hall–Kier alpha value is -0.910. The van der Waals surface area contributed by atoms with Crippen molar-refractivity contribution in [3.05, 3.63) is 21.4 Å². The Morgan fingerprint density at radius 1 is 1.53 bits per heavy atom. The second-order valence-corrected chi connectivity index (χ2v) is 6.58. The normalized spacial score (nSPS) is 22.7. The van der Waals surface area contributed by atoms with Crippen molar-refractivity contribution in [3.8, 4) is 0 Å². The van der Waals surface area contributed by atoms with E-state index in [1.165, 1.54) is 15.3 Å². The van der Waals surface area contributed by atoms with Crippen LogP contribution in [0, 0.1) is 13.8 Å². The van der Waals surface area contributed by atoms with Crippen molar-refractivity contribution in [2.75, 3.05) is 20.3 Å². The number of carbonyl (C=O) groups excluding carboxylic acids is 1. The van der Waals surface area contributed by atoms with E-state index in [0.717, 1.165) is 6.42 Å². The van der Waals surface area contributed by atoms with Crippen LogP contribution >= 0.6 is 11.3 Å². The molecule has 1 N–H and O–H groups in total. The molecule has 106 valence electrons. The molecule has 2 rings (SSSR count). The van der Waals surface area contributed by atoms with E-state index in [2.05, 4.69) is 19.9 Å². The molecule has 0 bridgehead atoms. The first kappa shape index (κ1) is 14.5. The maximum atomic E-state index is 12.1. The van der Waals surface area contributed by atoms with Gasteiger partial charge in [-0.3, -0.25) is 4.79 Å². The summed E-state index contributed by atoms with van der Waals surface area (Å²) in [6, 6.07) is 1.96. The van der Waals surface area contributed by atoms with Gasteiger partial charge in [0.05, 0.1) is 25.4 Å². The van der Waals surface area contributed by atoms with Crippen molar-refractivity contribution >= 4 is 17.2 Å². The minimum Gasteiger partial charge on any atom is -0.388 e. The molecule has 19 heavy (non-hydrogen) atoms. The molecule has 0 radical (unpaired) electrons. The lowest BCUT2D eigenvalue weighted by Crippen LogP contribution is -2.44. The predicted molar refractivity (Wildman–Crippen MR) is 75.5 cm³/mol. The lowest BCUT2D eigenvalue weighted by Gasteiger charge is -2.25. The molecule has 4 nitrogen and oxygen atoms in total. The van der Waals surface area contributed by atoms with Crippen LogP contribution in [0.15, 0.2) is 6.07 Å². The first-order valence-corrected chi connectivity index (χ1v) is 7.38. The molecule has 1 fully saturated rings. The van der Waals surface area contributed by atoms with E-state index < -0.39 is 6.10 Å². The van der Waals surface area contributed by atoms with E-state index in [1.807, 2.05) is 0 Å². The molecule has 5 heteroatoms. The van der Waals surface area contributed by atoms with E-state index in [1.54, 1.807) is 23.3 Å². The van der Waals surface area contributed by atoms with Crippen LogP contribution in [0.5, 0.6) is 0 Å². The molecule has 0 spiro atoms. The lowest BCUT2D eigenvalue weighted by molar-refractivity contribution is -0.133. The number of ether oxygens (including phenoxy) is 1. The summed E-state index contributed by atoms with van der Waals surface area (Å²) in [6.07, 6.45) is 0.693. The number of likely N-dealkylation sites (N-methyl/N-ethyl adjacent to an activating group) is 1. The van der Waals surface area contributed by atoms with E-state index in [4.69, 9.17) is 4.74 Å². The van der Waals surface area contributed by atoms with Gasteiger partial charge in [0.1, 0.15) is 0 Å². The Labute approximate surface area is 118 Å². The predicted octanol–water partition coefficient (Wildman–Crippen LogP) is 1.52. The van der Waals surface area contributed by atoms with Crippen LogP contribution in [-0.4, -0.2) is 48.3 Å². The van der Waals surface area contributed by atoms with Gasteiger partial charge in [-0.15, -0.1) is 11.3 Å². The SMILES string of the molecule is Cc1cc(CCC(=O)N(C)[C@@H]2COC[C@H]2O)c(C)s1. The summed E-state index contributed by atoms with van der Waals surface area (Å²) in [7, 11) is 1.75. The molecule has 0 unspecified atom stereocenters. The molecule has 1 aromatic rings. The van der Waals surface area contributed by atoms with Gasteiger partial charge in [-0.1, -0.05) is 0 Å². The minimum absolute atomic E-state index is 0.0674. The Kier molecular flexibility index (Phi) is 4.60. The smallest absolute Gasteiger partial charge is 0.223 e. The molecule has 0 aliphatic carbocycles. The van der Waals surface area contributed by atoms with Crippen molar-refractivity contribution in [1.82, 2.24) is 4.90 Å². The minimum atomic E-state index is -0.556.